The average molecular weight is 296 g/mol. The number of carbonyl (C=O) groups excluding carboxylic acids is 1. The van der Waals surface area contributed by atoms with Crippen molar-refractivity contribution in [2.24, 2.45) is 17.8 Å². The average Bonchev–Trinajstić information content (AvgIpc) is 2.96. The Kier molecular flexibility index (Phi) is 4.13. The summed E-state index contributed by atoms with van der Waals surface area (Å²) in [7, 11) is 0. The van der Waals surface area contributed by atoms with Crippen LogP contribution in [0.15, 0.2) is 11.6 Å². The molecule has 110 valence electrons. The maximum atomic E-state index is 12.4. The Labute approximate surface area is 122 Å². The Hall–Kier alpha value is -1.43. The Morgan fingerprint density at radius 3 is 2.60 bits per heavy atom. The van der Waals surface area contributed by atoms with Crippen LogP contribution in [0.2, 0.25) is 0 Å². The monoisotopic (exact) mass is 296 g/mol. The molecule has 20 heavy (non-hydrogen) atoms. The zero-order chi connectivity index (χ0) is 14.9. The van der Waals surface area contributed by atoms with Crippen molar-refractivity contribution in [3.8, 4) is 0 Å². The van der Waals surface area contributed by atoms with Gasteiger partial charge in [0.25, 0.3) is 0 Å². The summed E-state index contributed by atoms with van der Waals surface area (Å²) in [5.41, 5.74) is -0.569. The first-order valence-corrected chi connectivity index (χ1v) is 7.64. The van der Waals surface area contributed by atoms with Gasteiger partial charge in [0.05, 0.1) is 17.4 Å². The third-order valence-electron chi connectivity index (χ3n) is 3.85. The van der Waals surface area contributed by atoms with Crippen LogP contribution in [-0.4, -0.2) is 22.0 Å². The fourth-order valence-corrected chi connectivity index (χ4v) is 3.56. The number of nitrogens with one attached hydrogen (secondary N) is 1. The molecular formula is C14H20N2O3S. The van der Waals surface area contributed by atoms with E-state index < -0.39 is 23.3 Å². The number of amides is 1. The molecule has 0 radical (unpaired) electrons. The van der Waals surface area contributed by atoms with Gasteiger partial charge in [-0.3, -0.25) is 9.59 Å². The standard InChI is InChI=1S/C14H20N2O3S/c1-8-6-9(10(7-8)12(18)19)11(17)16-14(2,3)13-15-4-5-20-13/h4-5,8-10H,6-7H2,1-3H3,(H,16,17)(H,18,19)/t8?,9-,10+/m0/s1. The van der Waals surface area contributed by atoms with E-state index in [-0.39, 0.29) is 11.8 Å². The lowest BCUT2D eigenvalue weighted by atomic mass is 9.94. The summed E-state index contributed by atoms with van der Waals surface area (Å²) in [5, 5.41) is 14.9. The quantitative estimate of drug-likeness (QED) is 0.893. The van der Waals surface area contributed by atoms with E-state index in [1.165, 1.54) is 11.3 Å². The number of carboxylic acid groups (broad SMARTS) is 1. The molecule has 2 N–H and O–H groups in total. The van der Waals surface area contributed by atoms with Crippen LogP contribution in [0.3, 0.4) is 0 Å². The van der Waals surface area contributed by atoms with Gasteiger partial charge in [0.1, 0.15) is 5.01 Å². The minimum atomic E-state index is -0.874. The number of hydrogen-bond acceptors (Lipinski definition) is 4. The second kappa shape index (κ2) is 5.52. The van der Waals surface area contributed by atoms with Crippen molar-refractivity contribution in [3.63, 3.8) is 0 Å². The first-order chi connectivity index (χ1) is 9.31. The van der Waals surface area contributed by atoms with Crippen molar-refractivity contribution in [1.82, 2.24) is 10.3 Å². The van der Waals surface area contributed by atoms with Crippen LogP contribution in [-0.2, 0) is 15.1 Å². The van der Waals surface area contributed by atoms with E-state index in [0.717, 1.165) is 5.01 Å². The molecule has 0 aromatic carbocycles. The molecular weight excluding hydrogens is 276 g/mol. The minimum Gasteiger partial charge on any atom is -0.481 e. The van der Waals surface area contributed by atoms with Gasteiger partial charge >= 0.3 is 5.97 Å². The van der Waals surface area contributed by atoms with Gasteiger partial charge in [-0.25, -0.2) is 4.98 Å². The lowest BCUT2D eigenvalue weighted by Gasteiger charge is -2.26. The Bertz CT molecular complexity index is 499. The highest BCUT2D eigenvalue weighted by Gasteiger charge is 2.42. The fraction of sp³-hybridized carbons (Fsp3) is 0.643. The predicted molar refractivity (Wildman–Crippen MR) is 76.3 cm³/mol. The molecule has 1 fully saturated rings. The van der Waals surface area contributed by atoms with Crippen molar-refractivity contribution in [1.29, 1.82) is 0 Å². The van der Waals surface area contributed by atoms with Gasteiger partial charge in [-0.2, -0.15) is 0 Å². The van der Waals surface area contributed by atoms with Crippen molar-refractivity contribution in [3.05, 3.63) is 16.6 Å². The zero-order valence-corrected chi connectivity index (χ0v) is 12.7. The van der Waals surface area contributed by atoms with E-state index in [1.54, 1.807) is 6.20 Å². The van der Waals surface area contributed by atoms with E-state index >= 15 is 0 Å². The van der Waals surface area contributed by atoms with Crippen LogP contribution >= 0.6 is 11.3 Å². The maximum absolute atomic E-state index is 12.4. The molecule has 6 heteroatoms. The van der Waals surface area contributed by atoms with E-state index in [2.05, 4.69) is 10.3 Å². The molecule has 1 saturated carbocycles. The van der Waals surface area contributed by atoms with Crippen LogP contribution in [0.4, 0.5) is 0 Å². The highest BCUT2D eigenvalue weighted by Crippen LogP contribution is 2.37. The van der Waals surface area contributed by atoms with Gasteiger partial charge in [0, 0.05) is 11.6 Å². The number of aromatic nitrogens is 1. The largest absolute Gasteiger partial charge is 0.481 e. The van der Waals surface area contributed by atoms with E-state index in [0.29, 0.717) is 12.8 Å². The first-order valence-electron chi connectivity index (χ1n) is 6.76. The summed E-state index contributed by atoms with van der Waals surface area (Å²) < 4.78 is 0. The highest BCUT2D eigenvalue weighted by molar-refractivity contribution is 7.09. The van der Waals surface area contributed by atoms with Gasteiger partial charge in [-0.1, -0.05) is 6.92 Å². The van der Waals surface area contributed by atoms with Crippen LogP contribution in [0, 0.1) is 17.8 Å². The van der Waals surface area contributed by atoms with E-state index in [4.69, 9.17) is 0 Å². The molecule has 1 aromatic heterocycles. The van der Waals surface area contributed by atoms with Crippen LogP contribution in [0.1, 0.15) is 38.6 Å². The predicted octanol–water partition coefficient (Wildman–Crippen LogP) is 2.24. The second-order valence-corrected chi connectivity index (χ2v) is 6.97. The Morgan fingerprint density at radius 2 is 2.05 bits per heavy atom. The first kappa shape index (κ1) is 15.0. The van der Waals surface area contributed by atoms with Crippen molar-refractivity contribution in [2.75, 3.05) is 0 Å². The molecule has 1 unspecified atom stereocenters. The molecule has 1 heterocycles. The van der Waals surface area contributed by atoms with Gasteiger partial charge < -0.3 is 10.4 Å². The number of aliphatic carboxylic acids is 1. The van der Waals surface area contributed by atoms with Gasteiger partial charge in [0.2, 0.25) is 5.91 Å². The highest BCUT2D eigenvalue weighted by atomic mass is 32.1. The van der Waals surface area contributed by atoms with Crippen molar-refractivity contribution in [2.45, 2.75) is 39.2 Å². The lowest BCUT2D eigenvalue weighted by molar-refractivity contribution is -0.146. The SMILES string of the molecule is CC1C[C@H](C(=O)NC(C)(C)c2nccs2)[C@H](C(=O)O)C1. The van der Waals surface area contributed by atoms with Gasteiger partial charge in [0.15, 0.2) is 0 Å². The zero-order valence-electron chi connectivity index (χ0n) is 11.9. The third kappa shape index (κ3) is 3.00. The summed E-state index contributed by atoms with van der Waals surface area (Å²) in [6.45, 7) is 5.77. The molecule has 0 spiro atoms. The number of thiazole rings is 1. The van der Waals surface area contributed by atoms with Gasteiger partial charge in [-0.15, -0.1) is 11.3 Å². The van der Waals surface area contributed by atoms with E-state index in [9.17, 15) is 14.7 Å². The topological polar surface area (TPSA) is 79.3 Å². The van der Waals surface area contributed by atoms with E-state index in [1.807, 2.05) is 26.2 Å². The van der Waals surface area contributed by atoms with Crippen molar-refractivity contribution >= 4 is 23.2 Å². The summed E-state index contributed by atoms with van der Waals surface area (Å²) in [6, 6.07) is 0. The number of nitrogens with zero attached hydrogens (tertiary/aromatic N) is 1. The molecule has 1 aliphatic carbocycles. The molecule has 1 aliphatic rings. The lowest BCUT2D eigenvalue weighted by Crippen LogP contribution is -2.45. The molecule has 0 bridgehead atoms. The Balaban J connectivity index is 2.10. The molecule has 0 saturated heterocycles. The van der Waals surface area contributed by atoms with Crippen molar-refractivity contribution < 1.29 is 14.7 Å². The summed E-state index contributed by atoms with van der Waals surface area (Å²) in [4.78, 5) is 27.9. The molecule has 3 atom stereocenters. The molecule has 1 amide bonds. The molecule has 5 nitrogen and oxygen atoms in total. The van der Waals surface area contributed by atoms with Crippen LogP contribution in [0.25, 0.3) is 0 Å². The maximum Gasteiger partial charge on any atom is 0.307 e. The van der Waals surface area contributed by atoms with Crippen LogP contribution in [0.5, 0.6) is 0 Å². The Morgan fingerprint density at radius 1 is 1.40 bits per heavy atom. The smallest absolute Gasteiger partial charge is 0.307 e. The number of carboxylic acids is 1. The number of rotatable bonds is 4. The molecule has 1 aromatic rings. The molecule has 0 aliphatic heterocycles. The van der Waals surface area contributed by atoms with Gasteiger partial charge in [-0.05, 0) is 32.6 Å². The number of carbonyl (C=O) groups is 2. The normalized spacial score (nSPS) is 26.4. The summed E-state index contributed by atoms with van der Waals surface area (Å²) >= 11 is 1.48. The second-order valence-electron chi connectivity index (χ2n) is 6.08. The fourth-order valence-electron chi connectivity index (χ4n) is 2.84. The van der Waals surface area contributed by atoms with Crippen LogP contribution < -0.4 is 5.32 Å². The molecule has 2 rings (SSSR count). The third-order valence-corrected chi connectivity index (χ3v) is 4.95. The number of hydrogen-bond donors (Lipinski definition) is 2. The summed E-state index contributed by atoms with van der Waals surface area (Å²) in [6.07, 6.45) is 2.91. The summed E-state index contributed by atoms with van der Waals surface area (Å²) in [5.74, 6) is -1.79. The minimum absolute atomic E-state index is 0.179.